The number of carbonyl (C=O) groups is 1. The topological polar surface area (TPSA) is 93.6 Å². The fraction of sp³-hybridized carbons (Fsp3) is 0.312. The van der Waals surface area contributed by atoms with Gasteiger partial charge < -0.3 is 9.32 Å². The van der Waals surface area contributed by atoms with E-state index >= 15 is 0 Å². The predicted molar refractivity (Wildman–Crippen MR) is 89.3 cm³/mol. The van der Waals surface area contributed by atoms with Gasteiger partial charge in [0.2, 0.25) is 5.09 Å². The van der Waals surface area contributed by atoms with E-state index in [2.05, 4.69) is 0 Å². The van der Waals surface area contributed by atoms with Gasteiger partial charge in [-0.05, 0) is 43.0 Å². The Hall–Kier alpha value is -1.83. The Labute approximate surface area is 145 Å². The second-order valence-corrected chi connectivity index (χ2v) is 7.65. The second-order valence-electron chi connectivity index (χ2n) is 5.75. The SMILES string of the molecule is NS(=O)(=O)c1ccc(C(=O)N2CCCC2Cc2ccccc2Cl)o1. The van der Waals surface area contributed by atoms with Crippen LogP contribution in [0.1, 0.15) is 29.0 Å². The first kappa shape index (κ1) is 17.0. The molecular weight excluding hydrogens is 352 g/mol. The fourth-order valence-corrected chi connectivity index (χ4v) is 3.64. The third kappa shape index (κ3) is 3.48. The monoisotopic (exact) mass is 368 g/mol. The van der Waals surface area contributed by atoms with Gasteiger partial charge in [-0.2, -0.15) is 0 Å². The predicted octanol–water partition coefficient (Wildman–Crippen LogP) is 2.43. The Kier molecular flexibility index (Phi) is 4.67. The van der Waals surface area contributed by atoms with Crippen LogP contribution in [-0.2, 0) is 16.4 Å². The number of nitrogens with zero attached hydrogens (tertiary/aromatic N) is 1. The maximum absolute atomic E-state index is 12.6. The molecule has 2 aromatic rings. The van der Waals surface area contributed by atoms with Crippen LogP contribution in [0.5, 0.6) is 0 Å². The highest BCUT2D eigenvalue weighted by molar-refractivity contribution is 7.89. The average Bonchev–Trinajstić information content (AvgIpc) is 3.17. The van der Waals surface area contributed by atoms with Crippen LogP contribution < -0.4 is 5.14 Å². The van der Waals surface area contributed by atoms with Crippen LogP contribution in [0.2, 0.25) is 5.02 Å². The van der Waals surface area contributed by atoms with Crippen LogP contribution in [0, 0.1) is 0 Å². The van der Waals surface area contributed by atoms with Crippen molar-refractivity contribution in [1.82, 2.24) is 4.90 Å². The second kappa shape index (κ2) is 6.58. The molecule has 2 N–H and O–H groups in total. The van der Waals surface area contributed by atoms with Gasteiger partial charge in [-0.15, -0.1) is 0 Å². The van der Waals surface area contributed by atoms with Gasteiger partial charge in [0.15, 0.2) is 5.76 Å². The summed E-state index contributed by atoms with van der Waals surface area (Å²) >= 11 is 6.20. The molecule has 8 heteroatoms. The summed E-state index contributed by atoms with van der Waals surface area (Å²) < 4.78 is 27.7. The molecule has 0 saturated carbocycles. The molecule has 1 aliphatic heterocycles. The van der Waals surface area contributed by atoms with Crippen molar-refractivity contribution in [3.05, 3.63) is 52.7 Å². The zero-order valence-electron chi connectivity index (χ0n) is 12.8. The van der Waals surface area contributed by atoms with Crippen molar-refractivity contribution in [1.29, 1.82) is 0 Å². The van der Waals surface area contributed by atoms with Crippen molar-refractivity contribution < 1.29 is 17.6 Å². The molecule has 1 aromatic carbocycles. The third-order valence-corrected chi connectivity index (χ3v) is 5.27. The quantitative estimate of drug-likeness (QED) is 0.896. The Bertz CT molecular complexity index is 862. The number of nitrogens with two attached hydrogens (primary N) is 1. The van der Waals surface area contributed by atoms with E-state index < -0.39 is 15.1 Å². The van der Waals surface area contributed by atoms with Crippen molar-refractivity contribution in [2.75, 3.05) is 6.54 Å². The van der Waals surface area contributed by atoms with Crippen molar-refractivity contribution in [3.8, 4) is 0 Å². The summed E-state index contributed by atoms with van der Waals surface area (Å²) in [7, 11) is -3.96. The summed E-state index contributed by atoms with van der Waals surface area (Å²) in [4.78, 5) is 14.3. The van der Waals surface area contributed by atoms with Gasteiger partial charge in [-0.3, -0.25) is 4.79 Å². The van der Waals surface area contributed by atoms with E-state index in [1.807, 2.05) is 24.3 Å². The van der Waals surface area contributed by atoms with E-state index in [-0.39, 0.29) is 17.7 Å². The van der Waals surface area contributed by atoms with Gasteiger partial charge in [0, 0.05) is 17.6 Å². The van der Waals surface area contributed by atoms with Gasteiger partial charge in [-0.25, -0.2) is 13.6 Å². The molecule has 1 aliphatic rings. The number of likely N-dealkylation sites (tertiary alicyclic amines) is 1. The number of primary sulfonamides is 1. The molecule has 24 heavy (non-hydrogen) atoms. The van der Waals surface area contributed by atoms with Crippen molar-refractivity contribution in [3.63, 3.8) is 0 Å². The van der Waals surface area contributed by atoms with Gasteiger partial charge in [0.05, 0.1) is 0 Å². The van der Waals surface area contributed by atoms with Crippen LogP contribution in [0.3, 0.4) is 0 Å². The first-order valence-electron chi connectivity index (χ1n) is 7.53. The van der Waals surface area contributed by atoms with Crippen LogP contribution in [0.15, 0.2) is 45.9 Å². The number of benzene rings is 1. The highest BCUT2D eigenvalue weighted by Gasteiger charge is 2.32. The van der Waals surface area contributed by atoms with Crippen LogP contribution >= 0.6 is 11.6 Å². The zero-order chi connectivity index (χ0) is 17.3. The Morgan fingerprint density at radius 3 is 2.71 bits per heavy atom. The Balaban J connectivity index is 1.79. The van der Waals surface area contributed by atoms with Gasteiger partial charge >= 0.3 is 0 Å². The van der Waals surface area contributed by atoms with Crippen molar-refractivity contribution in [2.45, 2.75) is 30.4 Å². The zero-order valence-corrected chi connectivity index (χ0v) is 14.4. The molecule has 3 rings (SSSR count). The maximum Gasteiger partial charge on any atom is 0.289 e. The molecule has 128 valence electrons. The lowest BCUT2D eigenvalue weighted by Gasteiger charge is -2.24. The van der Waals surface area contributed by atoms with E-state index in [4.69, 9.17) is 21.2 Å². The first-order valence-corrected chi connectivity index (χ1v) is 9.45. The number of amides is 1. The molecule has 0 bridgehead atoms. The highest BCUT2D eigenvalue weighted by Crippen LogP contribution is 2.27. The number of carbonyl (C=O) groups excluding carboxylic acids is 1. The lowest BCUT2D eigenvalue weighted by atomic mass is 10.0. The minimum atomic E-state index is -3.96. The molecule has 1 fully saturated rings. The molecule has 1 aromatic heterocycles. The van der Waals surface area contributed by atoms with E-state index in [9.17, 15) is 13.2 Å². The molecule has 1 saturated heterocycles. The lowest BCUT2D eigenvalue weighted by Crippen LogP contribution is -2.36. The summed E-state index contributed by atoms with van der Waals surface area (Å²) in [5.74, 6) is -0.357. The normalized spacial score (nSPS) is 18.1. The summed E-state index contributed by atoms with van der Waals surface area (Å²) in [5.41, 5.74) is 0.980. The number of halogens is 1. The molecule has 2 heterocycles. The van der Waals surface area contributed by atoms with E-state index in [0.29, 0.717) is 18.0 Å². The fourth-order valence-electron chi connectivity index (χ4n) is 2.96. The minimum absolute atomic E-state index is 0.000402. The number of hydrogen-bond acceptors (Lipinski definition) is 4. The van der Waals surface area contributed by atoms with Gasteiger partial charge in [0.25, 0.3) is 15.9 Å². The molecule has 0 spiro atoms. The molecule has 1 atom stereocenters. The number of sulfonamides is 1. The summed E-state index contributed by atoms with van der Waals surface area (Å²) in [5, 5.41) is 5.27. The highest BCUT2D eigenvalue weighted by atomic mass is 35.5. The van der Waals surface area contributed by atoms with Crippen LogP contribution in [-0.4, -0.2) is 31.8 Å². The van der Waals surface area contributed by atoms with E-state index in [0.717, 1.165) is 18.4 Å². The van der Waals surface area contributed by atoms with Crippen molar-refractivity contribution >= 4 is 27.5 Å². The number of furan rings is 1. The molecule has 1 unspecified atom stereocenters. The minimum Gasteiger partial charge on any atom is -0.438 e. The number of rotatable bonds is 4. The average molecular weight is 369 g/mol. The van der Waals surface area contributed by atoms with Gasteiger partial charge in [-0.1, -0.05) is 29.8 Å². The van der Waals surface area contributed by atoms with E-state index in [1.165, 1.54) is 12.1 Å². The first-order chi connectivity index (χ1) is 11.4. The summed E-state index contributed by atoms with van der Waals surface area (Å²) in [6, 6.07) is 10.1. The number of hydrogen-bond donors (Lipinski definition) is 1. The lowest BCUT2D eigenvalue weighted by molar-refractivity contribution is 0.0698. The summed E-state index contributed by atoms with van der Waals surface area (Å²) in [6.07, 6.45) is 2.39. The van der Waals surface area contributed by atoms with Crippen molar-refractivity contribution in [2.24, 2.45) is 5.14 Å². The standard InChI is InChI=1S/C16H17ClN2O4S/c17-13-6-2-1-4-11(13)10-12-5-3-9-19(12)16(20)14-7-8-15(23-14)24(18,21)22/h1-2,4,6-8,12H,3,5,9-10H2,(H2,18,21,22). The summed E-state index contributed by atoms with van der Waals surface area (Å²) in [6.45, 7) is 0.597. The molecule has 0 radical (unpaired) electrons. The molecular formula is C16H17ClN2O4S. The van der Waals surface area contributed by atoms with Crippen LogP contribution in [0.4, 0.5) is 0 Å². The van der Waals surface area contributed by atoms with Crippen LogP contribution in [0.25, 0.3) is 0 Å². The largest absolute Gasteiger partial charge is 0.438 e. The Morgan fingerprint density at radius 2 is 2.04 bits per heavy atom. The smallest absolute Gasteiger partial charge is 0.289 e. The van der Waals surface area contributed by atoms with E-state index in [1.54, 1.807) is 4.90 Å². The molecule has 0 aliphatic carbocycles. The molecule has 1 amide bonds. The molecule has 6 nitrogen and oxygen atoms in total. The third-order valence-electron chi connectivity index (χ3n) is 4.12. The maximum atomic E-state index is 12.6. The Morgan fingerprint density at radius 1 is 1.29 bits per heavy atom. The van der Waals surface area contributed by atoms with Gasteiger partial charge in [0.1, 0.15) is 0 Å².